The van der Waals surface area contributed by atoms with E-state index in [1.54, 1.807) is 24.1 Å². The topological polar surface area (TPSA) is 70.7 Å². The minimum absolute atomic E-state index is 0. The number of para-hydroxylation sites is 2. The number of anilines is 1. The molecule has 1 atom stereocenters. The molecule has 1 aliphatic rings. The van der Waals surface area contributed by atoms with Gasteiger partial charge in [0.1, 0.15) is 5.75 Å². The van der Waals surface area contributed by atoms with Gasteiger partial charge < -0.3 is 20.3 Å². The molecule has 0 bridgehead atoms. The molecule has 2 rings (SSSR count). The summed E-state index contributed by atoms with van der Waals surface area (Å²) in [5.41, 5.74) is 0.617. The molecule has 1 unspecified atom stereocenters. The Morgan fingerprint density at radius 1 is 1.36 bits per heavy atom. The number of halogens is 1. The summed E-state index contributed by atoms with van der Waals surface area (Å²) in [6, 6.07) is 7.49. The first-order valence-corrected chi connectivity index (χ1v) is 8.58. The van der Waals surface area contributed by atoms with Crippen LogP contribution < -0.4 is 15.4 Å². The van der Waals surface area contributed by atoms with Crippen molar-refractivity contribution in [2.75, 3.05) is 32.1 Å². The highest BCUT2D eigenvalue weighted by Crippen LogP contribution is 2.22. The van der Waals surface area contributed by atoms with Gasteiger partial charge in [0.2, 0.25) is 11.8 Å². The summed E-state index contributed by atoms with van der Waals surface area (Å²) in [6.45, 7) is 3.63. The fourth-order valence-corrected chi connectivity index (χ4v) is 2.94. The third kappa shape index (κ3) is 6.55. The van der Waals surface area contributed by atoms with Crippen LogP contribution >= 0.6 is 12.4 Å². The van der Waals surface area contributed by atoms with Crippen LogP contribution in [0.5, 0.6) is 5.75 Å². The van der Waals surface area contributed by atoms with Crippen molar-refractivity contribution in [3.63, 3.8) is 0 Å². The van der Waals surface area contributed by atoms with Crippen molar-refractivity contribution in [2.45, 2.75) is 38.6 Å². The predicted molar refractivity (Wildman–Crippen MR) is 101 cm³/mol. The molecule has 25 heavy (non-hydrogen) atoms. The van der Waals surface area contributed by atoms with Gasteiger partial charge in [0, 0.05) is 19.0 Å². The van der Waals surface area contributed by atoms with E-state index in [1.807, 2.05) is 19.1 Å². The zero-order chi connectivity index (χ0) is 17.4. The Balaban J connectivity index is 0.00000312. The third-order valence-electron chi connectivity index (χ3n) is 4.15. The number of amides is 2. The maximum absolute atomic E-state index is 12.5. The zero-order valence-electron chi connectivity index (χ0n) is 14.9. The number of methoxy groups -OCH3 is 1. The number of hydrogen-bond acceptors (Lipinski definition) is 4. The molecule has 0 aromatic heterocycles. The first-order chi connectivity index (χ1) is 11.6. The highest BCUT2D eigenvalue weighted by molar-refractivity contribution is 5.95. The molecule has 1 fully saturated rings. The molecule has 1 heterocycles. The van der Waals surface area contributed by atoms with Crippen molar-refractivity contribution >= 4 is 29.9 Å². The highest BCUT2D eigenvalue weighted by Gasteiger charge is 2.23. The Hall–Kier alpha value is -1.79. The van der Waals surface area contributed by atoms with Gasteiger partial charge >= 0.3 is 0 Å². The summed E-state index contributed by atoms with van der Waals surface area (Å²) in [5, 5.41) is 6.15. The van der Waals surface area contributed by atoms with Crippen molar-refractivity contribution in [3.05, 3.63) is 24.3 Å². The van der Waals surface area contributed by atoms with Crippen molar-refractivity contribution < 1.29 is 14.3 Å². The van der Waals surface area contributed by atoms with Gasteiger partial charge in [0.15, 0.2) is 0 Å². The van der Waals surface area contributed by atoms with Gasteiger partial charge in [-0.2, -0.15) is 0 Å². The average Bonchev–Trinajstić information content (AvgIpc) is 3.08. The van der Waals surface area contributed by atoms with E-state index in [1.165, 1.54) is 0 Å². The van der Waals surface area contributed by atoms with Crippen LogP contribution in [-0.4, -0.2) is 49.5 Å². The van der Waals surface area contributed by atoms with Crippen molar-refractivity contribution in [1.29, 1.82) is 0 Å². The normalized spacial score (nSPS) is 16.0. The van der Waals surface area contributed by atoms with Gasteiger partial charge in [0.25, 0.3) is 0 Å². The summed E-state index contributed by atoms with van der Waals surface area (Å²) in [7, 11) is 1.56. The minimum atomic E-state index is -0.208. The number of hydrogen-bond donors (Lipinski definition) is 2. The van der Waals surface area contributed by atoms with E-state index in [2.05, 4.69) is 10.6 Å². The summed E-state index contributed by atoms with van der Waals surface area (Å²) in [4.78, 5) is 26.5. The summed E-state index contributed by atoms with van der Waals surface area (Å²) in [6.07, 6.45) is 3.42. The lowest BCUT2D eigenvalue weighted by Gasteiger charge is -2.23. The van der Waals surface area contributed by atoms with E-state index in [9.17, 15) is 9.59 Å². The Morgan fingerprint density at radius 2 is 2.12 bits per heavy atom. The SMILES string of the molecule is CCCN(CC(=O)Nc1ccccc1OC)C(=O)CC1CCCN1.Cl. The van der Waals surface area contributed by atoms with Crippen LogP contribution in [0.1, 0.15) is 32.6 Å². The molecule has 1 aromatic rings. The lowest BCUT2D eigenvalue weighted by Crippen LogP contribution is -2.41. The van der Waals surface area contributed by atoms with Crippen LogP contribution in [0.2, 0.25) is 0 Å². The van der Waals surface area contributed by atoms with E-state index >= 15 is 0 Å². The van der Waals surface area contributed by atoms with Gasteiger partial charge in [-0.3, -0.25) is 9.59 Å². The molecule has 0 radical (unpaired) electrons. The Bertz CT molecular complexity index is 562. The van der Waals surface area contributed by atoms with Crippen LogP contribution in [0.3, 0.4) is 0 Å². The molecule has 7 heteroatoms. The third-order valence-corrected chi connectivity index (χ3v) is 4.15. The van der Waals surface area contributed by atoms with E-state index < -0.39 is 0 Å². The van der Waals surface area contributed by atoms with Crippen LogP contribution in [-0.2, 0) is 9.59 Å². The molecule has 1 aromatic carbocycles. The molecule has 1 aliphatic heterocycles. The zero-order valence-corrected chi connectivity index (χ0v) is 15.7. The second-order valence-electron chi connectivity index (χ2n) is 6.06. The van der Waals surface area contributed by atoms with E-state index in [4.69, 9.17) is 4.74 Å². The van der Waals surface area contributed by atoms with Gasteiger partial charge in [-0.15, -0.1) is 12.4 Å². The molecule has 0 aliphatic carbocycles. The average molecular weight is 370 g/mol. The quantitative estimate of drug-likeness (QED) is 0.738. The van der Waals surface area contributed by atoms with Gasteiger partial charge in [-0.25, -0.2) is 0 Å². The molecule has 0 saturated carbocycles. The maximum Gasteiger partial charge on any atom is 0.244 e. The van der Waals surface area contributed by atoms with E-state index in [0.29, 0.717) is 24.4 Å². The fourth-order valence-electron chi connectivity index (χ4n) is 2.94. The fraction of sp³-hybridized carbons (Fsp3) is 0.556. The largest absolute Gasteiger partial charge is 0.495 e. The first kappa shape index (κ1) is 21.3. The lowest BCUT2D eigenvalue weighted by molar-refractivity contribution is -0.135. The molecular weight excluding hydrogens is 342 g/mol. The van der Waals surface area contributed by atoms with Gasteiger partial charge in [-0.05, 0) is 37.9 Å². The predicted octanol–water partition coefficient (Wildman–Crippen LogP) is 2.44. The minimum Gasteiger partial charge on any atom is -0.495 e. The van der Waals surface area contributed by atoms with E-state index in [-0.39, 0.29) is 36.8 Å². The van der Waals surface area contributed by atoms with Crippen molar-refractivity contribution in [3.8, 4) is 5.75 Å². The lowest BCUT2D eigenvalue weighted by atomic mass is 10.1. The smallest absolute Gasteiger partial charge is 0.244 e. The molecule has 2 amide bonds. The Morgan fingerprint density at radius 3 is 2.76 bits per heavy atom. The summed E-state index contributed by atoms with van der Waals surface area (Å²) >= 11 is 0. The Kier molecular flexibility index (Phi) is 9.31. The molecule has 6 nitrogen and oxygen atoms in total. The number of ether oxygens (including phenoxy) is 1. The molecule has 1 saturated heterocycles. The van der Waals surface area contributed by atoms with Crippen LogP contribution in [0.15, 0.2) is 24.3 Å². The molecular formula is C18H28ClN3O3. The van der Waals surface area contributed by atoms with Crippen LogP contribution in [0.25, 0.3) is 0 Å². The number of carbonyl (C=O) groups is 2. The first-order valence-electron chi connectivity index (χ1n) is 8.58. The van der Waals surface area contributed by atoms with Crippen LogP contribution in [0, 0.1) is 0 Å². The molecule has 0 spiro atoms. The maximum atomic E-state index is 12.5. The summed E-state index contributed by atoms with van der Waals surface area (Å²) < 4.78 is 5.23. The second kappa shape index (κ2) is 10.9. The van der Waals surface area contributed by atoms with Crippen molar-refractivity contribution in [1.82, 2.24) is 10.2 Å². The number of benzene rings is 1. The number of carbonyl (C=O) groups excluding carboxylic acids is 2. The number of nitrogens with one attached hydrogen (secondary N) is 2. The summed E-state index contributed by atoms with van der Waals surface area (Å²) in [5.74, 6) is 0.432. The van der Waals surface area contributed by atoms with Crippen molar-refractivity contribution in [2.24, 2.45) is 0 Å². The molecule has 2 N–H and O–H groups in total. The standard InChI is InChI=1S/C18H27N3O3.ClH/c1-3-11-21(18(23)12-14-7-6-10-19-14)13-17(22)20-15-8-4-5-9-16(15)24-2;/h4-5,8-9,14,19H,3,6-7,10-13H2,1-2H3,(H,20,22);1H. The molecule has 140 valence electrons. The number of nitrogens with zero attached hydrogens (tertiary/aromatic N) is 1. The van der Waals surface area contributed by atoms with Gasteiger partial charge in [0.05, 0.1) is 19.3 Å². The van der Waals surface area contributed by atoms with Crippen LogP contribution in [0.4, 0.5) is 5.69 Å². The van der Waals surface area contributed by atoms with E-state index in [0.717, 1.165) is 25.8 Å². The van der Waals surface area contributed by atoms with Gasteiger partial charge in [-0.1, -0.05) is 19.1 Å². The second-order valence-corrected chi connectivity index (χ2v) is 6.06. The monoisotopic (exact) mass is 369 g/mol. The Labute approximate surface area is 155 Å². The highest BCUT2D eigenvalue weighted by atomic mass is 35.5. The number of rotatable bonds is 8.